The van der Waals surface area contributed by atoms with Crippen LogP contribution in [0.25, 0.3) is 0 Å². The van der Waals surface area contributed by atoms with Crippen LogP contribution in [0.5, 0.6) is 5.88 Å². The van der Waals surface area contributed by atoms with Crippen molar-refractivity contribution >= 4 is 18.5 Å². The summed E-state index contributed by atoms with van der Waals surface area (Å²) in [6.07, 6.45) is 4.79. The number of aromatic nitrogens is 2. The molecule has 108 valence electrons. The van der Waals surface area contributed by atoms with E-state index in [1.54, 1.807) is 0 Å². The number of amides is 1. The predicted octanol–water partition coefficient (Wildman–Crippen LogP) is 0.610. The van der Waals surface area contributed by atoms with Gasteiger partial charge in [-0.25, -0.2) is 4.79 Å². The molecule has 1 aromatic heterocycles. The molecule has 1 fully saturated rings. The van der Waals surface area contributed by atoms with Gasteiger partial charge in [0.2, 0.25) is 0 Å². The number of nitrogens with two attached hydrogens (primary N) is 1. The molecule has 1 aliphatic rings. The van der Waals surface area contributed by atoms with Crippen molar-refractivity contribution in [3.63, 3.8) is 0 Å². The Balaban J connectivity index is 0.00000180. The number of hydrogen-bond acceptors (Lipinski definition) is 6. The Kier molecular flexibility index (Phi) is 5.84. The molecular weight excluding hydrogens is 276 g/mol. The van der Waals surface area contributed by atoms with E-state index in [2.05, 4.69) is 19.8 Å². The normalized spacial score (nSPS) is 15.8. The summed E-state index contributed by atoms with van der Waals surface area (Å²) >= 11 is 0. The van der Waals surface area contributed by atoms with Crippen LogP contribution in [0.4, 0.5) is 4.79 Å². The van der Waals surface area contributed by atoms with Crippen molar-refractivity contribution in [2.24, 2.45) is 5.73 Å². The molecule has 0 bridgehead atoms. The molecular formula is C10H17ClN4O4. The van der Waals surface area contributed by atoms with Gasteiger partial charge < -0.3 is 21.0 Å². The number of halogens is 1. The lowest BCUT2D eigenvalue weighted by atomic mass is 9.95. The Morgan fingerprint density at radius 1 is 1.53 bits per heavy atom. The van der Waals surface area contributed by atoms with E-state index in [0.29, 0.717) is 12.6 Å². The summed E-state index contributed by atoms with van der Waals surface area (Å²) in [5.74, 6) is -0.300. The number of nitrogens with zero attached hydrogens (tertiary/aromatic N) is 2. The Labute approximate surface area is 116 Å². The zero-order chi connectivity index (χ0) is 13.0. The van der Waals surface area contributed by atoms with Gasteiger partial charge in [0, 0.05) is 11.2 Å². The Bertz CT molecular complexity index is 420. The Hall–Kier alpha value is -1.54. The first-order valence-corrected chi connectivity index (χ1v) is 5.96. The number of primary amides is 1. The lowest BCUT2D eigenvalue weighted by molar-refractivity contribution is -0.804. The smallest absolute Gasteiger partial charge is 0.367 e. The highest BCUT2D eigenvalue weighted by atomic mass is 35.5. The summed E-state index contributed by atoms with van der Waals surface area (Å²) in [5.41, 5.74) is 5.10. The third kappa shape index (κ3) is 4.25. The van der Waals surface area contributed by atoms with E-state index in [0.717, 1.165) is 12.8 Å². The lowest BCUT2D eigenvalue weighted by Crippen LogP contribution is -2.33. The average molecular weight is 293 g/mol. The quantitative estimate of drug-likeness (QED) is 0.785. The van der Waals surface area contributed by atoms with Crippen molar-refractivity contribution in [2.45, 2.75) is 44.7 Å². The number of nitrogens with one attached hydrogen (secondary N) is 1. The summed E-state index contributed by atoms with van der Waals surface area (Å²) < 4.78 is 8.92. The van der Waals surface area contributed by atoms with Crippen LogP contribution in [0.1, 0.15) is 37.8 Å². The van der Waals surface area contributed by atoms with E-state index in [4.69, 9.17) is 5.73 Å². The second kappa shape index (κ2) is 7.15. The minimum atomic E-state index is -1.07. The van der Waals surface area contributed by atoms with Gasteiger partial charge in [0.05, 0.1) is 6.54 Å². The standard InChI is InChI=1S/C10H16N4O4.ClH/c11-10(15)17-9-8(13-18-14(9)16)6-12-7-4-2-1-3-5-7;/h7,12H,1-6H2,(H2,11,15);1H. The third-order valence-electron chi connectivity index (χ3n) is 3.00. The number of carbonyl (C=O) groups is 1. The topological polar surface area (TPSA) is 117 Å². The summed E-state index contributed by atoms with van der Waals surface area (Å²) in [5, 5.41) is 17.9. The maximum absolute atomic E-state index is 11.2. The zero-order valence-electron chi connectivity index (χ0n) is 10.3. The summed E-state index contributed by atoms with van der Waals surface area (Å²) in [6.45, 7) is 0.312. The molecule has 9 heteroatoms. The fraction of sp³-hybridized carbons (Fsp3) is 0.700. The molecule has 0 saturated heterocycles. The van der Waals surface area contributed by atoms with Crippen molar-refractivity contribution in [1.29, 1.82) is 0 Å². The van der Waals surface area contributed by atoms with Crippen molar-refractivity contribution in [3.05, 3.63) is 10.9 Å². The van der Waals surface area contributed by atoms with E-state index < -0.39 is 6.09 Å². The SMILES string of the molecule is Cl.NC(=O)Oc1c(CNC2CCCCC2)no[n+]1[O-]. The number of rotatable bonds is 4. The first-order valence-electron chi connectivity index (χ1n) is 5.96. The maximum Gasteiger partial charge on any atom is 0.412 e. The molecule has 0 aromatic carbocycles. The van der Waals surface area contributed by atoms with Gasteiger partial charge in [-0.1, -0.05) is 19.3 Å². The predicted molar refractivity (Wildman–Crippen MR) is 66.6 cm³/mol. The second-order valence-electron chi connectivity index (χ2n) is 4.32. The van der Waals surface area contributed by atoms with Crippen LogP contribution in [0.2, 0.25) is 0 Å². The fourth-order valence-corrected chi connectivity index (χ4v) is 2.11. The van der Waals surface area contributed by atoms with Gasteiger partial charge in [-0.15, -0.1) is 12.4 Å². The number of hydrogen-bond donors (Lipinski definition) is 2. The average Bonchev–Trinajstić information content (AvgIpc) is 2.69. The van der Waals surface area contributed by atoms with E-state index in [1.807, 2.05) is 0 Å². The fourth-order valence-electron chi connectivity index (χ4n) is 2.11. The lowest BCUT2D eigenvalue weighted by Gasteiger charge is -2.21. The molecule has 1 aliphatic carbocycles. The van der Waals surface area contributed by atoms with Gasteiger partial charge in [-0.3, -0.25) is 4.63 Å². The minimum Gasteiger partial charge on any atom is -0.367 e. The summed E-state index contributed by atoms with van der Waals surface area (Å²) in [4.78, 5) is 10.7. The molecule has 19 heavy (non-hydrogen) atoms. The molecule has 8 nitrogen and oxygen atoms in total. The van der Waals surface area contributed by atoms with Crippen molar-refractivity contribution in [3.8, 4) is 5.88 Å². The molecule has 3 N–H and O–H groups in total. The first kappa shape index (κ1) is 15.5. The van der Waals surface area contributed by atoms with Gasteiger partial charge in [0.25, 0.3) is 5.69 Å². The largest absolute Gasteiger partial charge is 0.412 e. The highest BCUT2D eigenvalue weighted by Crippen LogP contribution is 2.18. The molecule has 0 unspecified atom stereocenters. The molecule has 1 amide bonds. The van der Waals surface area contributed by atoms with Gasteiger partial charge in [0.15, 0.2) is 0 Å². The van der Waals surface area contributed by atoms with Crippen LogP contribution in [-0.4, -0.2) is 17.3 Å². The van der Waals surface area contributed by atoms with Crippen LogP contribution >= 0.6 is 12.4 Å². The third-order valence-corrected chi connectivity index (χ3v) is 3.00. The zero-order valence-corrected chi connectivity index (χ0v) is 11.1. The van der Waals surface area contributed by atoms with E-state index in [-0.39, 0.29) is 28.9 Å². The van der Waals surface area contributed by atoms with Gasteiger partial charge >= 0.3 is 12.0 Å². The minimum absolute atomic E-state index is 0. The van der Waals surface area contributed by atoms with Gasteiger partial charge in [-0.05, 0) is 17.7 Å². The molecule has 1 heterocycles. The summed E-state index contributed by atoms with van der Waals surface area (Å²) in [6, 6.07) is 0.400. The van der Waals surface area contributed by atoms with Crippen molar-refractivity contribution < 1.29 is 19.1 Å². The highest BCUT2D eigenvalue weighted by molar-refractivity contribution is 5.85. The Morgan fingerprint density at radius 2 is 2.21 bits per heavy atom. The van der Waals surface area contributed by atoms with Crippen molar-refractivity contribution in [1.82, 2.24) is 10.5 Å². The van der Waals surface area contributed by atoms with Crippen LogP contribution in [0, 0.1) is 5.21 Å². The van der Waals surface area contributed by atoms with Crippen LogP contribution < -0.4 is 20.7 Å². The van der Waals surface area contributed by atoms with Crippen molar-refractivity contribution in [2.75, 3.05) is 0 Å². The molecule has 1 saturated carbocycles. The molecule has 0 aliphatic heterocycles. The number of carbonyl (C=O) groups excluding carboxylic acids is 1. The monoisotopic (exact) mass is 292 g/mol. The first-order chi connectivity index (χ1) is 8.66. The van der Waals surface area contributed by atoms with E-state index >= 15 is 0 Å². The maximum atomic E-state index is 11.2. The van der Waals surface area contributed by atoms with Crippen LogP contribution in [0.15, 0.2) is 4.63 Å². The number of ether oxygens (including phenoxy) is 1. The van der Waals surface area contributed by atoms with Crippen LogP contribution in [0.3, 0.4) is 0 Å². The molecule has 0 atom stereocenters. The summed E-state index contributed by atoms with van der Waals surface area (Å²) in [7, 11) is 0. The molecule has 1 aromatic rings. The highest BCUT2D eigenvalue weighted by Gasteiger charge is 2.24. The van der Waals surface area contributed by atoms with Gasteiger partial charge in [-0.2, -0.15) is 0 Å². The molecule has 0 spiro atoms. The molecule has 0 radical (unpaired) electrons. The van der Waals surface area contributed by atoms with E-state index in [1.165, 1.54) is 19.3 Å². The van der Waals surface area contributed by atoms with Crippen LogP contribution in [-0.2, 0) is 6.54 Å². The van der Waals surface area contributed by atoms with Gasteiger partial charge in [0.1, 0.15) is 0 Å². The Morgan fingerprint density at radius 3 is 2.84 bits per heavy atom. The van der Waals surface area contributed by atoms with E-state index in [9.17, 15) is 10.0 Å². The molecule has 2 rings (SSSR count). The second-order valence-corrected chi connectivity index (χ2v) is 4.32.